The van der Waals surface area contributed by atoms with Crippen LogP contribution >= 0.6 is 0 Å². The van der Waals surface area contributed by atoms with Crippen molar-refractivity contribution in [2.24, 2.45) is 5.14 Å². The predicted molar refractivity (Wildman–Crippen MR) is 105 cm³/mol. The number of hydrazine groups is 1. The Morgan fingerprint density at radius 1 is 1.21 bits per heavy atom. The van der Waals surface area contributed by atoms with Crippen molar-refractivity contribution in [3.63, 3.8) is 0 Å². The molecule has 29 heavy (non-hydrogen) atoms. The Hall–Kier alpha value is -3.70. The van der Waals surface area contributed by atoms with Crippen LogP contribution in [0.1, 0.15) is 16.2 Å². The van der Waals surface area contributed by atoms with E-state index in [9.17, 15) is 18.3 Å². The van der Waals surface area contributed by atoms with Crippen LogP contribution < -0.4 is 10.6 Å². The van der Waals surface area contributed by atoms with Crippen molar-refractivity contribution in [2.45, 2.75) is 4.90 Å². The van der Waals surface area contributed by atoms with Gasteiger partial charge in [0.15, 0.2) is 5.84 Å². The lowest BCUT2D eigenvalue weighted by Crippen LogP contribution is -2.44. The summed E-state index contributed by atoms with van der Waals surface area (Å²) in [5, 5.41) is 24.9. The molecule has 0 spiro atoms. The molecule has 0 aliphatic carbocycles. The highest BCUT2D eigenvalue weighted by atomic mass is 32.2. The molecular formula is C18H16N6O4S. The van der Waals surface area contributed by atoms with E-state index in [1.807, 2.05) is 18.2 Å². The molecule has 2 heterocycles. The Labute approximate surface area is 165 Å². The van der Waals surface area contributed by atoms with Crippen LogP contribution in [0, 0.1) is 5.41 Å². The molecule has 0 atom stereocenters. The van der Waals surface area contributed by atoms with Crippen LogP contribution in [0.4, 0.5) is 0 Å². The van der Waals surface area contributed by atoms with Gasteiger partial charge in [0.2, 0.25) is 10.0 Å². The molecule has 0 bridgehead atoms. The van der Waals surface area contributed by atoms with Crippen LogP contribution in [0.3, 0.4) is 0 Å². The number of hydrogen-bond acceptors (Lipinski definition) is 6. The maximum Gasteiger partial charge on any atom is 0.271 e. The summed E-state index contributed by atoms with van der Waals surface area (Å²) >= 11 is 0. The van der Waals surface area contributed by atoms with Gasteiger partial charge in [0.05, 0.1) is 28.0 Å². The highest BCUT2D eigenvalue weighted by Crippen LogP contribution is 2.26. The topological polar surface area (TPSA) is 165 Å². The number of imidazole rings is 1. The van der Waals surface area contributed by atoms with Gasteiger partial charge < -0.3 is 10.1 Å². The fraction of sp³-hybridized carbons (Fsp3) is 0.0556. The third-order valence-corrected chi connectivity index (χ3v) is 5.37. The molecule has 10 nitrogen and oxygen atoms in total. The molecule has 3 aromatic rings. The van der Waals surface area contributed by atoms with Crippen LogP contribution in [0.25, 0.3) is 16.6 Å². The van der Waals surface area contributed by atoms with Gasteiger partial charge in [-0.3, -0.25) is 20.6 Å². The minimum atomic E-state index is -4.11. The fourth-order valence-electron chi connectivity index (χ4n) is 3.08. The molecule has 1 aliphatic rings. The normalized spacial score (nSPS) is 14.7. The van der Waals surface area contributed by atoms with Gasteiger partial charge in [-0.05, 0) is 24.3 Å². The molecule has 0 fully saturated rings. The second-order valence-corrected chi connectivity index (χ2v) is 7.87. The quantitative estimate of drug-likeness (QED) is 0.431. The smallest absolute Gasteiger partial charge is 0.271 e. The first-order chi connectivity index (χ1) is 13.8. The largest absolute Gasteiger partial charge is 0.509 e. The molecular weight excluding hydrogens is 396 g/mol. The van der Waals surface area contributed by atoms with E-state index in [0.717, 1.165) is 10.5 Å². The van der Waals surface area contributed by atoms with Crippen molar-refractivity contribution < 1.29 is 18.3 Å². The van der Waals surface area contributed by atoms with E-state index >= 15 is 0 Å². The van der Waals surface area contributed by atoms with Crippen LogP contribution in [-0.2, 0) is 10.0 Å². The second-order valence-electron chi connectivity index (χ2n) is 6.34. The SMILES string of the molecule is N=C1C(c2nc3ccccc3[nH]2)=C(O)CN1NC(=O)c1ccccc1S(N)(=O)=O. The van der Waals surface area contributed by atoms with Gasteiger partial charge in [0.25, 0.3) is 5.91 Å². The molecule has 0 unspecified atom stereocenters. The van der Waals surface area contributed by atoms with Crippen LogP contribution in [-0.4, -0.2) is 46.8 Å². The lowest BCUT2D eigenvalue weighted by atomic mass is 10.2. The third-order valence-electron chi connectivity index (χ3n) is 4.40. The fourth-order valence-corrected chi connectivity index (χ4v) is 3.82. The number of nitrogens with two attached hydrogens (primary N) is 1. The number of H-pyrrole nitrogens is 1. The van der Waals surface area contributed by atoms with Gasteiger partial charge in [-0.2, -0.15) is 0 Å². The number of nitrogens with one attached hydrogen (secondary N) is 3. The first-order valence-corrected chi connectivity index (χ1v) is 9.97. The van der Waals surface area contributed by atoms with Crippen LogP contribution in [0.2, 0.25) is 0 Å². The first-order valence-electron chi connectivity index (χ1n) is 8.42. The number of aromatic amines is 1. The molecule has 148 valence electrons. The van der Waals surface area contributed by atoms with E-state index < -0.39 is 15.9 Å². The van der Waals surface area contributed by atoms with E-state index in [1.54, 1.807) is 6.07 Å². The highest BCUT2D eigenvalue weighted by Gasteiger charge is 2.32. The molecule has 0 saturated heterocycles. The number of carbonyl (C=O) groups is 1. The second kappa shape index (κ2) is 6.72. The molecule has 1 aromatic heterocycles. The Morgan fingerprint density at radius 3 is 2.62 bits per heavy atom. The number of benzene rings is 2. The summed E-state index contributed by atoms with van der Waals surface area (Å²) in [5.41, 5.74) is 3.80. The number of hydrogen-bond donors (Lipinski definition) is 5. The summed E-state index contributed by atoms with van der Waals surface area (Å²) in [6, 6.07) is 12.7. The van der Waals surface area contributed by atoms with Crippen LogP contribution in [0.5, 0.6) is 0 Å². The standard InChI is InChI=1S/C18H16N6O4S/c19-16-15(17-21-11-6-2-3-7-12(11)22-17)13(25)9-24(16)23-18(26)10-5-1-4-8-14(10)29(20,27)28/h1-8,19,25H,9H2,(H,21,22)(H,23,26)(H2,20,27,28). The van der Waals surface area contributed by atoms with Crippen molar-refractivity contribution in [1.82, 2.24) is 20.4 Å². The number of carbonyl (C=O) groups excluding carboxylic acids is 1. The summed E-state index contributed by atoms with van der Waals surface area (Å²) in [5.74, 6) is -0.842. The Balaban J connectivity index is 1.60. The summed E-state index contributed by atoms with van der Waals surface area (Å²) in [4.78, 5) is 19.7. The number of primary sulfonamides is 1. The number of aliphatic hydroxyl groups is 1. The molecule has 4 rings (SSSR count). The average molecular weight is 412 g/mol. The number of para-hydroxylation sites is 2. The summed E-state index contributed by atoms with van der Waals surface area (Å²) in [6.07, 6.45) is 0. The molecule has 1 aliphatic heterocycles. The maximum atomic E-state index is 12.6. The van der Waals surface area contributed by atoms with Crippen molar-refractivity contribution >= 4 is 38.4 Å². The number of nitrogens with zero attached hydrogens (tertiary/aromatic N) is 2. The molecule has 0 saturated carbocycles. The van der Waals surface area contributed by atoms with E-state index in [-0.39, 0.29) is 40.0 Å². The van der Waals surface area contributed by atoms with Crippen molar-refractivity contribution in [1.29, 1.82) is 5.41 Å². The number of amides is 1. The zero-order valence-electron chi connectivity index (χ0n) is 14.9. The predicted octanol–water partition coefficient (Wildman–Crippen LogP) is 1.12. The molecule has 0 radical (unpaired) electrons. The van der Waals surface area contributed by atoms with Crippen LogP contribution in [0.15, 0.2) is 59.2 Å². The zero-order valence-corrected chi connectivity index (χ0v) is 15.7. The minimum absolute atomic E-state index is 0.140. The van der Waals surface area contributed by atoms with Gasteiger partial charge in [0.1, 0.15) is 17.2 Å². The zero-order chi connectivity index (χ0) is 20.8. The first kappa shape index (κ1) is 18.7. The summed E-state index contributed by atoms with van der Waals surface area (Å²) < 4.78 is 23.4. The Morgan fingerprint density at radius 2 is 1.90 bits per heavy atom. The molecule has 11 heteroatoms. The molecule has 6 N–H and O–H groups in total. The summed E-state index contributed by atoms with van der Waals surface area (Å²) in [6.45, 7) is -0.172. The van der Waals surface area contributed by atoms with E-state index in [2.05, 4.69) is 15.4 Å². The molecule has 2 aromatic carbocycles. The highest BCUT2D eigenvalue weighted by molar-refractivity contribution is 7.89. The van der Waals surface area contributed by atoms with Crippen molar-refractivity contribution in [3.05, 3.63) is 65.7 Å². The Kier molecular flexibility index (Phi) is 4.32. The minimum Gasteiger partial charge on any atom is -0.509 e. The average Bonchev–Trinajstić information content (AvgIpc) is 3.21. The van der Waals surface area contributed by atoms with Gasteiger partial charge in [-0.1, -0.05) is 24.3 Å². The van der Waals surface area contributed by atoms with Gasteiger partial charge in [0, 0.05) is 0 Å². The van der Waals surface area contributed by atoms with E-state index in [1.165, 1.54) is 24.3 Å². The Bertz CT molecular complexity index is 1260. The number of sulfonamides is 1. The number of fused-ring (bicyclic) bond motifs is 1. The van der Waals surface area contributed by atoms with Gasteiger partial charge in [-0.15, -0.1) is 0 Å². The van der Waals surface area contributed by atoms with Crippen molar-refractivity contribution in [3.8, 4) is 0 Å². The monoisotopic (exact) mass is 412 g/mol. The number of amidine groups is 1. The van der Waals surface area contributed by atoms with Gasteiger partial charge in [-0.25, -0.2) is 18.5 Å². The number of aromatic nitrogens is 2. The third kappa shape index (κ3) is 3.32. The number of rotatable bonds is 4. The van der Waals surface area contributed by atoms with E-state index in [4.69, 9.17) is 10.5 Å². The lowest BCUT2D eigenvalue weighted by Gasteiger charge is -2.20. The van der Waals surface area contributed by atoms with Crippen molar-refractivity contribution in [2.75, 3.05) is 6.54 Å². The van der Waals surface area contributed by atoms with Gasteiger partial charge >= 0.3 is 0 Å². The lowest BCUT2D eigenvalue weighted by molar-refractivity contribution is 0.0871. The summed E-state index contributed by atoms with van der Waals surface area (Å²) in [7, 11) is -4.11. The molecule has 1 amide bonds. The van der Waals surface area contributed by atoms with E-state index in [0.29, 0.717) is 5.52 Å². The number of aliphatic hydroxyl groups excluding tert-OH is 1. The maximum absolute atomic E-state index is 12.6.